The zero-order valence-electron chi connectivity index (χ0n) is 16.9. The molecule has 0 unspecified atom stereocenters. The largest absolute Gasteiger partial charge is 0.404 e. The van der Waals surface area contributed by atoms with Crippen LogP contribution in [-0.4, -0.2) is 40.6 Å². The smallest absolute Gasteiger partial charge is 0.150 e. The Balaban J connectivity index is 0.000000212. The summed E-state index contributed by atoms with van der Waals surface area (Å²) in [5.41, 5.74) is 9.34. The van der Waals surface area contributed by atoms with Gasteiger partial charge in [0.25, 0.3) is 0 Å². The molecule has 0 amide bonds. The van der Waals surface area contributed by atoms with Crippen molar-refractivity contribution in [3.8, 4) is 0 Å². The first-order valence-electron chi connectivity index (χ1n) is 9.14. The fourth-order valence-electron chi connectivity index (χ4n) is 2.61. The number of hydrogen-bond donors (Lipinski definition) is 4. The maximum absolute atomic E-state index is 10.4. The van der Waals surface area contributed by atoms with Crippen LogP contribution in [0.5, 0.6) is 0 Å². The second-order valence-electron chi connectivity index (χ2n) is 7.11. The van der Waals surface area contributed by atoms with E-state index in [1.54, 1.807) is 12.1 Å². The first kappa shape index (κ1) is 21.8. The molecule has 0 aliphatic carbocycles. The number of nitrogens with two attached hydrogens (primary N) is 1. The molecule has 0 saturated heterocycles. The fourth-order valence-corrected chi connectivity index (χ4v) is 2.61. The quantitative estimate of drug-likeness (QED) is 0.379. The van der Waals surface area contributed by atoms with Crippen molar-refractivity contribution in [2.75, 3.05) is 19.0 Å². The van der Waals surface area contributed by atoms with Gasteiger partial charge < -0.3 is 26.0 Å². The third-order valence-electron chi connectivity index (χ3n) is 4.60. The summed E-state index contributed by atoms with van der Waals surface area (Å²) in [6.45, 7) is 4.03. The number of carbonyl (C=O) groups is 1. The predicted octanol–water partition coefficient (Wildman–Crippen LogP) is 3.09. The van der Waals surface area contributed by atoms with Gasteiger partial charge in [-0.05, 0) is 17.7 Å². The molecule has 152 valence electrons. The van der Waals surface area contributed by atoms with Gasteiger partial charge in [0.1, 0.15) is 17.8 Å². The highest BCUT2D eigenvalue weighted by molar-refractivity contribution is 6.08. The van der Waals surface area contributed by atoms with Crippen LogP contribution in [0.25, 0.3) is 11.2 Å². The monoisotopic (exact) mass is 393 g/mol. The number of rotatable bonds is 6. The van der Waals surface area contributed by atoms with E-state index in [1.807, 2.05) is 62.0 Å². The SMILES string of the molecule is CC(C)(CO)c1ccc(C=O)cc1.CNc1cn2cc(/C(C=N)=C/N)ccc2n1. The number of carbonyl (C=O) groups excluding carboxylic acids is 1. The van der Waals surface area contributed by atoms with E-state index >= 15 is 0 Å². The summed E-state index contributed by atoms with van der Waals surface area (Å²) < 4.78 is 1.90. The summed E-state index contributed by atoms with van der Waals surface area (Å²) in [5, 5.41) is 19.3. The van der Waals surface area contributed by atoms with Crippen molar-refractivity contribution in [2.24, 2.45) is 5.73 Å². The van der Waals surface area contributed by atoms with Gasteiger partial charge >= 0.3 is 0 Å². The highest BCUT2D eigenvalue weighted by Crippen LogP contribution is 2.22. The molecule has 0 aliphatic heterocycles. The molecule has 1 aromatic carbocycles. The minimum Gasteiger partial charge on any atom is -0.404 e. The molecule has 0 spiro atoms. The zero-order chi connectivity index (χ0) is 21.4. The summed E-state index contributed by atoms with van der Waals surface area (Å²) in [7, 11) is 1.82. The Hall–Kier alpha value is -3.45. The number of benzene rings is 1. The number of aliphatic hydroxyl groups is 1. The second-order valence-corrected chi connectivity index (χ2v) is 7.11. The summed E-state index contributed by atoms with van der Waals surface area (Å²) in [6.07, 6.45) is 7.25. The first-order chi connectivity index (χ1) is 13.9. The van der Waals surface area contributed by atoms with Crippen LogP contribution in [0.4, 0.5) is 5.82 Å². The minimum atomic E-state index is -0.235. The molecule has 0 aliphatic rings. The van der Waals surface area contributed by atoms with Crippen LogP contribution < -0.4 is 11.1 Å². The van der Waals surface area contributed by atoms with E-state index in [9.17, 15) is 4.79 Å². The predicted molar refractivity (Wildman–Crippen MR) is 118 cm³/mol. The van der Waals surface area contributed by atoms with Crippen molar-refractivity contribution in [3.63, 3.8) is 0 Å². The van der Waals surface area contributed by atoms with Gasteiger partial charge in [0, 0.05) is 47.8 Å². The van der Waals surface area contributed by atoms with E-state index in [0.717, 1.165) is 28.9 Å². The van der Waals surface area contributed by atoms with Gasteiger partial charge in [-0.25, -0.2) is 4.98 Å². The molecular weight excluding hydrogens is 366 g/mol. The average molecular weight is 393 g/mol. The molecule has 0 fully saturated rings. The molecule has 7 heteroatoms. The Morgan fingerprint density at radius 3 is 2.45 bits per heavy atom. The Bertz CT molecular complexity index is 1000. The van der Waals surface area contributed by atoms with Gasteiger partial charge in [-0.1, -0.05) is 38.1 Å². The molecule has 0 saturated carbocycles. The fraction of sp³-hybridized carbons (Fsp3) is 0.227. The molecule has 2 heterocycles. The van der Waals surface area contributed by atoms with Gasteiger partial charge in [0.15, 0.2) is 0 Å². The van der Waals surface area contributed by atoms with Crippen molar-refractivity contribution in [3.05, 3.63) is 71.7 Å². The van der Waals surface area contributed by atoms with Gasteiger partial charge in [-0.2, -0.15) is 0 Å². The van der Waals surface area contributed by atoms with E-state index in [-0.39, 0.29) is 12.0 Å². The Morgan fingerprint density at radius 1 is 1.24 bits per heavy atom. The van der Waals surface area contributed by atoms with Crippen LogP contribution in [0.3, 0.4) is 0 Å². The zero-order valence-corrected chi connectivity index (χ0v) is 16.9. The first-order valence-corrected chi connectivity index (χ1v) is 9.14. The average Bonchev–Trinajstić information content (AvgIpc) is 3.18. The molecule has 0 radical (unpaired) electrons. The molecule has 7 nitrogen and oxygen atoms in total. The number of aromatic nitrogens is 2. The van der Waals surface area contributed by atoms with E-state index in [0.29, 0.717) is 11.1 Å². The number of anilines is 1. The maximum Gasteiger partial charge on any atom is 0.150 e. The lowest BCUT2D eigenvalue weighted by Gasteiger charge is -2.21. The lowest BCUT2D eigenvalue weighted by molar-refractivity contribution is 0.112. The van der Waals surface area contributed by atoms with Crippen LogP contribution in [0, 0.1) is 5.41 Å². The minimum absolute atomic E-state index is 0.105. The molecule has 5 N–H and O–H groups in total. The topological polar surface area (TPSA) is 116 Å². The normalized spacial score (nSPS) is 11.5. The number of fused-ring (bicyclic) bond motifs is 1. The number of aldehydes is 1. The number of nitrogens with one attached hydrogen (secondary N) is 2. The van der Waals surface area contributed by atoms with Crippen LogP contribution in [0.2, 0.25) is 0 Å². The number of imidazole rings is 1. The van der Waals surface area contributed by atoms with Crippen molar-refractivity contribution >= 4 is 29.5 Å². The lowest BCUT2D eigenvalue weighted by Crippen LogP contribution is -2.21. The van der Waals surface area contributed by atoms with Crippen LogP contribution >= 0.6 is 0 Å². The maximum atomic E-state index is 10.4. The Kier molecular flexibility index (Phi) is 7.27. The number of allylic oxidation sites excluding steroid dienone is 1. The standard InChI is InChI=1S/C11H13N5.C11H14O2/c1-14-10-7-16-6-8(9(4-12)5-13)2-3-11(16)15-10;1-11(2,8-13)10-5-3-9(7-12)4-6-10/h2-7,12,14H,13H2,1H3;3-7,13H,8H2,1-2H3/b9-5+,12-4?;. The van der Waals surface area contributed by atoms with Crippen molar-refractivity contribution in [1.29, 1.82) is 5.41 Å². The van der Waals surface area contributed by atoms with Crippen LogP contribution in [0.15, 0.2) is 55.0 Å². The lowest BCUT2D eigenvalue weighted by atomic mass is 9.85. The van der Waals surface area contributed by atoms with Crippen LogP contribution in [0.1, 0.15) is 35.3 Å². The Labute approximate surface area is 170 Å². The summed E-state index contributed by atoms with van der Waals surface area (Å²) >= 11 is 0. The number of aliphatic hydroxyl groups excluding tert-OH is 1. The highest BCUT2D eigenvalue weighted by atomic mass is 16.3. The molecule has 29 heavy (non-hydrogen) atoms. The van der Waals surface area contributed by atoms with E-state index in [1.165, 1.54) is 12.4 Å². The van der Waals surface area contributed by atoms with Gasteiger partial charge in [0.2, 0.25) is 0 Å². The molecule has 0 bridgehead atoms. The molecule has 0 atom stereocenters. The number of hydrogen-bond acceptors (Lipinski definition) is 6. The van der Waals surface area contributed by atoms with Crippen molar-refractivity contribution in [1.82, 2.24) is 9.38 Å². The van der Waals surface area contributed by atoms with Crippen molar-refractivity contribution in [2.45, 2.75) is 19.3 Å². The molecule has 3 aromatic rings. The third kappa shape index (κ3) is 5.30. The van der Waals surface area contributed by atoms with E-state index in [4.69, 9.17) is 16.2 Å². The molecule has 2 aromatic heterocycles. The second kappa shape index (κ2) is 9.66. The third-order valence-corrected chi connectivity index (χ3v) is 4.60. The molecule has 3 rings (SSSR count). The summed E-state index contributed by atoms with van der Waals surface area (Å²) in [6, 6.07) is 11.1. The van der Waals surface area contributed by atoms with E-state index < -0.39 is 0 Å². The summed E-state index contributed by atoms with van der Waals surface area (Å²) in [4.78, 5) is 14.7. The summed E-state index contributed by atoms with van der Waals surface area (Å²) in [5.74, 6) is 0.810. The van der Waals surface area contributed by atoms with Gasteiger partial charge in [-0.15, -0.1) is 0 Å². The Morgan fingerprint density at radius 2 is 1.93 bits per heavy atom. The van der Waals surface area contributed by atoms with Crippen LogP contribution in [-0.2, 0) is 5.41 Å². The van der Waals surface area contributed by atoms with Gasteiger partial charge in [0.05, 0.1) is 12.8 Å². The van der Waals surface area contributed by atoms with E-state index in [2.05, 4.69) is 10.3 Å². The van der Waals surface area contributed by atoms with Crippen molar-refractivity contribution < 1.29 is 9.90 Å². The highest BCUT2D eigenvalue weighted by Gasteiger charge is 2.18. The molecular formula is C22H27N5O2. The number of pyridine rings is 1. The number of nitrogens with zero attached hydrogens (tertiary/aromatic N) is 2. The van der Waals surface area contributed by atoms with Gasteiger partial charge in [-0.3, -0.25) is 4.79 Å².